The number of benzene rings is 6. The maximum Gasteiger partial charge on any atom is 0.159 e. The number of nitrogens with zero attached hydrogens (tertiary/aromatic N) is 6. The highest BCUT2D eigenvalue weighted by Crippen LogP contribution is 2.43. The van der Waals surface area contributed by atoms with Crippen LogP contribution >= 0.6 is 166 Å². The predicted molar refractivity (Wildman–Crippen MR) is 433 cm³/mol. The fourth-order valence-corrected chi connectivity index (χ4v) is 17.9. The molecule has 0 saturated heterocycles. The van der Waals surface area contributed by atoms with E-state index in [1.54, 1.807) is 77.7 Å². The number of oxime groups is 6. The van der Waals surface area contributed by atoms with Crippen molar-refractivity contribution < 1.29 is 38.5 Å². The minimum atomic E-state index is 0.0833. The second-order valence-electron chi connectivity index (χ2n) is 21.8. The van der Waals surface area contributed by atoms with Crippen LogP contribution in [-0.4, -0.2) is 112 Å². The van der Waals surface area contributed by atoms with E-state index in [0.29, 0.717) is 33.0 Å². The predicted octanol–water partition coefficient (Wildman–Crippen LogP) is 23.3. The van der Waals surface area contributed by atoms with Crippen LogP contribution in [0.3, 0.4) is 0 Å². The molecule has 2 atom stereocenters. The lowest BCUT2D eigenvalue weighted by Crippen LogP contribution is -2.05. The van der Waals surface area contributed by atoms with Crippen LogP contribution in [0.4, 0.5) is 0 Å². The fraction of sp³-hybridized carbons (Fsp3) is 0.408. The van der Waals surface area contributed by atoms with Crippen LogP contribution in [0, 0.1) is 13.8 Å². The normalized spacial score (nSPS) is 16.2. The Hall–Kier alpha value is -3.28. The van der Waals surface area contributed by atoms with Crippen molar-refractivity contribution in [2.45, 2.75) is 141 Å². The van der Waals surface area contributed by atoms with E-state index in [1.165, 1.54) is 73.5 Å². The molecule has 0 fully saturated rings. The Bertz CT molecular complexity index is 3830. The van der Waals surface area contributed by atoms with Crippen molar-refractivity contribution in [2.24, 2.45) is 30.9 Å². The molecule has 6 heterocycles. The van der Waals surface area contributed by atoms with Gasteiger partial charge in [0.15, 0.2) is 12.2 Å². The molecule has 26 heteroatoms. The lowest BCUT2D eigenvalue weighted by atomic mass is 9.97. The molecule has 0 N–H and O–H groups in total. The Kier molecular flexibility index (Phi) is 34.4. The van der Waals surface area contributed by atoms with E-state index in [-0.39, 0.29) is 12.2 Å². The molecule has 0 bridgehead atoms. The second kappa shape index (κ2) is 41.1. The first-order valence-electron chi connectivity index (χ1n) is 31.3. The van der Waals surface area contributed by atoms with Crippen LogP contribution in [0.1, 0.15) is 141 Å². The Morgan fingerprint density at radius 2 is 0.732 bits per heavy atom. The highest BCUT2D eigenvalue weighted by atomic mass is 79.9. The van der Waals surface area contributed by atoms with Gasteiger partial charge < -0.3 is 38.5 Å². The van der Waals surface area contributed by atoms with Crippen LogP contribution in [0.2, 0.25) is 0 Å². The summed E-state index contributed by atoms with van der Waals surface area (Å²) in [6, 6.07) is 25.1. The van der Waals surface area contributed by atoms with Gasteiger partial charge in [-0.3, -0.25) is 0 Å². The summed E-state index contributed by atoms with van der Waals surface area (Å²) in [7, 11) is 1.67. The Labute approximate surface area is 648 Å². The van der Waals surface area contributed by atoms with Gasteiger partial charge in [0.25, 0.3) is 0 Å². The van der Waals surface area contributed by atoms with Gasteiger partial charge in [-0.2, -0.15) is 0 Å². The van der Waals surface area contributed by atoms with E-state index in [0.717, 1.165) is 136 Å². The van der Waals surface area contributed by atoms with Crippen LogP contribution in [0.25, 0.3) is 0 Å². The first-order chi connectivity index (χ1) is 46.9. The zero-order chi connectivity index (χ0) is 70.3. The Morgan fingerprint density at radius 1 is 0.392 bits per heavy atom. The van der Waals surface area contributed by atoms with Crippen molar-refractivity contribution in [3.63, 3.8) is 0 Å². The van der Waals surface area contributed by atoms with Crippen molar-refractivity contribution in [3.05, 3.63) is 155 Å². The standard InChI is InChI=1S/C13H16BrNOS.C12H14BrNO2S.2C12H14BrNOS.C11H12BrNO2S.C11H12BrNOS/c1-4-9-10(14)5-6-12(17-3)13(9)11-7-8(2)15-16-11;1-3-15-12-8(13)4-5-10(17-2)11(12)9-6-7-16-14-9;1-7-6-10(15-14-7)12-8(2)9(13)4-5-11(12)16-3;1-3-8-9(13)4-5-11(16-2)12(8)10-6-7-15-14-10;1-14-11-7(12)3-4-9(16-2)10(11)8-5-6-15-13-8;1-7-8(12)3-4-10(15-2)11(7)9-5-6-14-13-9/h5-6,11H,4,7H2,1-3H3;4-5H,3,6-7H2,1-2H3;4-5,10H,6H2,1-3H3;4-5H,3,6-7H2,1-2H3;3-4H,5-6H2,1-2H3;3-4H,5-6H2,1-2H3. The summed E-state index contributed by atoms with van der Waals surface area (Å²) in [6.45, 7) is 17.9. The number of ether oxygens (including phenoxy) is 2. The first-order valence-corrected chi connectivity index (χ1v) is 43.4. The molecule has 0 amide bonds. The third-order valence-electron chi connectivity index (χ3n) is 15.8. The average molecular weight is 1820 g/mol. The monoisotopic (exact) mass is 1810 g/mol. The summed E-state index contributed by atoms with van der Waals surface area (Å²) in [5.41, 5.74) is 18.6. The lowest BCUT2D eigenvalue weighted by Gasteiger charge is -2.18. The minimum Gasteiger partial charge on any atom is -0.495 e. The molecule has 0 aromatic heterocycles. The van der Waals surface area contributed by atoms with Crippen molar-refractivity contribution in [3.8, 4) is 11.5 Å². The fourth-order valence-electron chi connectivity index (χ4n) is 11.1. The summed E-state index contributed by atoms with van der Waals surface area (Å²) in [5, 5.41) is 24.5. The zero-order valence-electron chi connectivity index (χ0n) is 56.9. The molecular formula is C71H82Br6N6O8S6. The molecular weight excluding hydrogens is 1740 g/mol. The van der Waals surface area contributed by atoms with Crippen molar-refractivity contribution in [1.82, 2.24) is 0 Å². The maximum absolute atomic E-state index is 5.73. The molecule has 6 aromatic rings. The summed E-state index contributed by atoms with van der Waals surface area (Å²) in [5.74, 6) is 1.69. The van der Waals surface area contributed by atoms with Crippen molar-refractivity contribution in [2.75, 3.05) is 77.7 Å². The van der Waals surface area contributed by atoms with Gasteiger partial charge in [0, 0.05) is 108 Å². The third kappa shape index (κ3) is 21.2. The van der Waals surface area contributed by atoms with Gasteiger partial charge >= 0.3 is 0 Å². The van der Waals surface area contributed by atoms with E-state index < -0.39 is 0 Å². The number of halogens is 6. The molecule has 0 radical (unpaired) electrons. The molecule has 522 valence electrons. The molecule has 6 aliphatic heterocycles. The highest BCUT2D eigenvalue weighted by molar-refractivity contribution is 9.11. The maximum atomic E-state index is 5.73. The van der Waals surface area contributed by atoms with Gasteiger partial charge in [-0.15, -0.1) is 70.6 Å². The average Bonchev–Trinajstić information content (AvgIpc) is 1.86. The van der Waals surface area contributed by atoms with Gasteiger partial charge in [-0.25, -0.2) is 0 Å². The number of hydrogen-bond donors (Lipinski definition) is 0. The molecule has 14 nitrogen and oxygen atoms in total. The highest BCUT2D eigenvalue weighted by Gasteiger charge is 2.29. The van der Waals surface area contributed by atoms with E-state index in [2.05, 4.69) is 246 Å². The molecule has 97 heavy (non-hydrogen) atoms. The molecule has 6 aliphatic rings. The van der Waals surface area contributed by atoms with Gasteiger partial charge in [0.2, 0.25) is 0 Å². The number of thioether (sulfide) groups is 6. The number of methoxy groups -OCH3 is 1. The Morgan fingerprint density at radius 3 is 1.12 bits per heavy atom. The third-order valence-corrected chi connectivity index (χ3v) is 24.9. The van der Waals surface area contributed by atoms with Crippen LogP contribution in [-0.2, 0) is 41.9 Å². The van der Waals surface area contributed by atoms with Crippen LogP contribution < -0.4 is 9.47 Å². The summed E-state index contributed by atoms with van der Waals surface area (Å²) in [6.07, 6.45) is 19.9. The molecule has 2 unspecified atom stereocenters. The van der Waals surface area contributed by atoms with Gasteiger partial charge in [0.05, 0.1) is 68.1 Å². The van der Waals surface area contributed by atoms with Crippen LogP contribution in [0.15, 0.2) is 160 Å². The zero-order valence-corrected chi connectivity index (χ0v) is 71.4. The Balaban J connectivity index is 0.000000164. The molecule has 12 rings (SSSR count). The molecule has 0 saturated carbocycles. The van der Waals surface area contributed by atoms with Gasteiger partial charge in [-0.1, -0.05) is 109 Å². The molecule has 0 aliphatic carbocycles. The van der Waals surface area contributed by atoms with Crippen LogP contribution in [0.5, 0.6) is 11.5 Å². The summed E-state index contributed by atoms with van der Waals surface area (Å²) in [4.78, 5) is 38.8. The number of hydrogen-bond acceptors (Lipinski definition) is 20. The number of rotatable bonds is 17. The largest absolute Gasteiger partial charge is 0.495 e. The molecule has 6 aromatic carbocycles. The van der Waals surface area contributed by atoms with E-state index in [4.69, 9.17) is 38.5 Å². The topological polar surface area (TPSA) is 148 Å². The van der Waals surface area contributed by atoms with Crippen molar-refractivity contribution >= 4 is 200 Å². The van der Waals surface area contributed by atoms with Gasteiger partial charge in [-0.05, 0) is 212 Å². The van der Waals surface area contributed by atoms with E-state index >= 15 is 0 Å². The summed E-state index contributed by atoms with van der Waals surface area (Å²) < 4.78 is 17.7. The summed E-state index contributed by atoms with van der Waals surface area (Å²) >= 11 is 31.8. The quantitative estimate of drug-likeness (QED) is 0.0798. The SMILES string of the molecule is CCOc1c(Br)ccc(SC)c1C1=NOCC1.CCc1c(Br)ccc(SC)c1C1=NOCC1.CCc1c(Br)ccc(SC)c1C1CC(C)=NO1.COc1c(Br)ccc(SC)c1C1=NOCC1.CSc1ccc(Br)c(C)c1C1=NOCC1.CSc1ccc(Br)c(C)c1C1CC(C)=NO1. The van der Waals surface area contributed by atoms with Gasteiger partial charge in [0.1, 0.15) is 37.9 Å². The smallest absolute Gasteiger partial charge is 0.159 e. The van der Waals surface area contributed by atoms with E-state index in [9.17, 15) is 0 Å². The van der Waals surface area contributed by atoms with E-state index in [1.807, 2.05) is 39.2 Å². The first kappa shape index (κ1) is 81.0. The lowest BCUT2D eigenvalue weighted by molar-refractivity contribution is 0.0831. The van der Waals surface area contributed by atoms with Crippen molar-refractivity contribution in [1.29, 1.82) is 0 Å². The second-order valence-corrected chi connectivity index (χ2v) is 32.0. The molecule has 0 spiro atoms. The minimum absolute atomic E-state index is 0.0833.